The van der Waals surface area contributed by atoms with E-state index in [1.165, 1.54) is 18.9 Å². The molecule has 2 aromatic rings. The van der Waals surface area contributed by atoms with E-state index in [9.17, 15) is 4.79 Å². The highest BCUT2D eigenvalue weighted by atomic mass is 79.9. The van der Waals surface area contributed by atoms with Gasteiger partial charge in [-0.05, 0) is 30.2 Å². The summed E-state index contributed by atoms with van der Waals surface area (Å²) in [5.74, 6) is 0.330. The standard InChI is InChI=1S/C16H18BrNO3/c1-3-15(11-4-6-13(17)7-5-11)18-9-14-8-12(10-21-14)16(19)20-2/h4-8,10,15,18H,3,9H2,1-2H3. The maximum absolute atomic E-state index is 11.4. The van der Waals surface area contributed by atoms with E-state index in [1.807, 2.05) is 12.1 Å². The van der Waals surface area contributed by atoms with Crippen molar-refractivity contribution in [2.45, 2.75) is 25.9 Å². The maximum atomic E-state index is 11.4. The van der Waals surface area contributed by atoms with Gasteiger partial charge in [0, 0.05) is 10.5 Å². The molecule has 0 aliphatic carbocycles. The number of rotatable bonds is 6. The predicted molar refractivity (Wildman–Crippen MR) is 84.1 cm³/mol. The highest BCUT2D eigenvalue weighted by Crippen LogP contribution is 2.20. The number of furan rings is 1. The summed E-state index contributed by atoms with van der Waals surface area (Å²) in [5.41, 5.74) is 1.66. The molecule has 1 heterocycles. The number of ether oxygens (including phenoxy) is 1. The van der Waals surface area contributed by atoms with Gasteiger partial charge in [0.25, 0.3) is 0 Å². The van der Waals surface area contributed by atoms with Crippen molar-refractivity contribution >= 4 is 21.9 Å². The summed E-state index contributed by atoms with van der Waals surface area (Å²) in [4.78, 5) is 11.4. The van der Waals surface area contributed by atoms with Gasteiger partial charge in [0.15, 0.2) is 0 Å². The Balaban J connectivity index is 1.98. The fraction of sp³-hybridized carbons (Fsp3) is 0.312. The third kappa shape index (κ3) is 4.19. The van der Waals surface area contributed by atoms with E-state index >= 15 is 0 Å². The lowest BCUT2D eigenvalue weighted by atomic mass is 10.0. The van der Waals surface area contributed by atoms with Crippen LogP contribution in [0.1, 0.15) is 41.1 Å². The number of nitrogens with one attached hydrogen (secondary N) is 1. The smallest absolute Gasteiger partial charge is 0.341 e. The van der Waals surface area contributed by atoms with Gasteiger partial charge in [-0.3, -0.25) is 0 Å². The van der Waals surface area contributed by atoms with Crippen LogP contribution in [0.15, 0.2) is 45.5 Å². The summed E-state index contributed by atoms with van der Waals surface area (Å²) in [7, 11) is 1.36. The first-order valence-corrected chi connectivity index (χ1v) is 7.58. The Morgan fingerprint density at radius 3 is 2.71 bits per heavy atom. The molecule has 5 heteroatoms. The molecule has 1 N–H and O–H groups in total. The SMILES string of the molecule is CCC(NCc1cc(C(=O)OC)co1)c1ccc(Br)cc1. The second kappa shape index (κ2) is 7.43. The van der Waals surface area contributed by atoms with Crippen molar-refractivity contribution in [2.75, 3.05) is 7.11 Å². The number of hydrogen-bond donors (Lipinski definition) is 1. The fourth-order valence-corrected chi connectivity index (χ4v) is 2.38. The quantitative estimate of drug-likeness (QED) is 0.797. The molecule has 0 fully saturated rings. The second-order valence-corrected chi connectivity index (χ2v) is 5.60. The number of halogens is 1. The van der Waals surface area contributed by atoms with Crippen LogP contribution in [0.3, 0.4) is 0 Å². The Labute approximate surface area is 132 Å². The molecule has 0 saturated heterocycles. The average Bonchev–Trinajstić information content (AvgIpc) is 2.97. The van der Waals surface area contributed by atoms with Gasteiger partial charge in [0.05, 0.1) is 19.2 Å². The van der Waals surface area contributed by atoms with E-state index in [0.717, 1.165) is 10.9 Å². The Bertz CT molecular complexity index is 592. The lowest BCUT2D eigenvalue weighted by Gasteiger charge is -2.16. The molecule has 0 aliphatic heterocycles. The molecule has 1 aromatic carbocycles. The molecule has 0 aliphatic rings. The molecular weight excluding hydrogens is 334 g/mol. The van der Waals surface area contributed by atoms with E-state index in [4.69, 9.17) is 4.42 Å². The zero-order chi connectivity index (χ0) is 15.2. The van der Waals surface area contributed by atoms with Gasteiger partial charge < -0.3 is 14.5 Å². The van der Waals surface area contributed by atoms with E-state index in [0.29, 0.717) is 17.9 Å². The second-order valence-electron chi connectivity index (χ2n) is 4.69. The molecule has 1 atom stereocenters. The number of esters is 1. The number of methoxy groups -OCH3 is 1. The molecule has 0 radical (unpaired) electrons. The minimum Gasteiger partial charge on any atom is -0.467 e. The third-order valence-corrected chi connectivity index (χ3v) is 3.81. The lowest BCUT2D eigenvalue weighted by Crippen LogP contribution is -2.19. The Hall–Kier alpha value is -1.59. The highest BCUT2D eigenvalue weighted by Gasteiger charge is 2.12. The van der Waals surface area contributed by atoms with Gasteiger partial charge >= 0.3 is 5.97 Å². The van der Waals surface area contributed by atoms with E-state index in [2.05, 4.69) is 45.0 Å². The van der Waals surface area contributed by atoms with Crippen molar-refractivity contribution in [3.63, 3.8) is 0 Å². The van der Waals surface area contributed by atoms with Gasteiger partial charge in [-0.2, -0.15) is 0 Å². The van der Waals surface area contributed by atoms with Gasteiger partial charge in [0.1, 0.15) is 12.0 Å². The molecule has 0 saturated carbocycles. The van der Waals surface area contributed by atoms with Crippen LogP contribution >= 0.6 is 15.9 Å². The van der Waals surface area contributed by atoms with Crippen LogP contribution in [0.25, 0.3) is 0 Å². The van der Waals surface area contributed by atoms with Crippen molar-refractivity contribution in [3.8, 4) is 0 Å². The zero-order valence-electron chi connectivity index (χ0n) is 12.1. The van der Waals surface area contributed by atoms with Crippen molar-refractivity contribution in [1.29, 1.82) is 0 Å². The topological polar surface area (TPSA) is 51.5 Å². The fourth-order valence-electron chi connectivity index (χ4n) is 2.12. The summed E-state index contributed by atoms with van der Waals surface area (Å²) < 4.78 is 11.1. The number of hydrogen-bond acceptors (Lipinski definition) is 4. The van der Waals surface area contributed by atoms with E-state index in [1.54, 1.807) is 6.07 Å². The van der Waals surface area contributed by atoms with Crippen molar-refractivity contribution in [1.82, 2.24) is 5.32 Å². The molecule has 0 amide bonds. The van der Waals surface area contributed by atoms with E-state index < -0.39 is 0 Å². The van der Waals surface area contributed by atoms with Crippen LogP contribution in [-0.2, 0) is 11.3 Å². The predicted octanol–water partition coefficient (Wildman–Crippen LogP) is 4.07. The first-order chi connectivity index (χ1) is 10.1. The molecule has 21 heavy (non-hydrogen) atoms. The normalized spacial score (nSPS) is 12.1. The molecule has 112 valence electrons. The molecule has 1 unspecified atom stereocenters. The van der Waals surface area contributed by atoms with Crippen LogP contribution in [0.4, 0.5) is 0 Å². The van der Waals surface area contributed by atoms with E-state index in [-0.39, 0.29) is 12.0 Å². The summed E-state index contributed by atoms with van der Waals surface area (Å²) in [6.07, 6.45) is 2.38. The van der Waals surface area contributed by atoms with Crippen molar-refractivity contribution < 1.29 is 13.9 Å². The van der Waals surface area contributed by atoms with Gasteiger partial charge in [-0.25, -0.2) is 4.79 Å². The Morgan fingerprint density at radius 2 is 2.10 bits per heavy atom. The number of benzene rings is 1. The zero-order valence-corrected chi connectivity index (χ0v) is 13.6. The highest BCUT2D eigenvalue weighted by molar-refractivity contribution is 9.10. The lowest BCUT2D eigenvalue weighted by molar-refractivity contribution is 0.0600. The minimum atomic E-state index is -0.384. The van der Waals surface area contributed by atoms with Gasteiger partial charge in [0.2, 0.25) is 0 Å². The number of carbonyl (C=O) groups excluding carboxylic acids is 1. The van der Waals surface area contributed by atoms with Crippen LogP contribution < -0.4 is 5.32 Å². The summed E-state index contributed by atoms with van der Waals surface area (Å²) >= 11 is 3.44. The first kappa shape index (κ1) is 15.8. The minimum absolute atomic E-state index is 0.241. The largest absolute Gasteiger partial charge is 0.467 e. The molecule has 0 bridgehead atoms. The Kier molecular flexibility index (Phi) is 5.59. The van der Waals surface area contributed by atoms with Crippen molar-refractivity contribution in [2.24, 2.45) is 0 Å². The summed E-state index contributed by atoms with van der Waals surface area (Å²) in [6, 6.07) is 10.2. The van der Waals surface area contributed by atoms with Crippen LogP contribution in [0.5, 0.6) is 0 Å². The third-order valence-electron chi connectivity index (χ3n) is 3.28. The van der Waals surface area contributed by atoms with Gasteiger partial charge in [-0.15, -0.1) is 0 Å². The summed E-state index contributed by atoms with van der Waals surface area (Å²) in [5, 5.41) is 3.43. The monoisotopic (exact) mass is 351 g/mol. The van der Waals surface area contributed by atoms with Crippen LogP contribution in [-0.4, -0.2) is 13.1 Å². The molecule has 0 spiro atoms. The molecule has 4 nitrogen and oxygen atoms in total. The number of carbonyl (C=O) groups is 1. The molecule has 2 rings (SSSR count). The maximum Gasteiger partial charge on any atom is 0.341 e. The average molecular weight is 352 g/mol. The van der Waals surface area contributed by atoms with Crippen LogP contribution in [0.2, 0.25) is 0 Å². The summed E-state index contributed by atoms with van der Waals surface area (Å²) in [6.45, 7) is 2.69. The van der Waals surface area contributed by atoms with Crippen LogP contribution in [0, 0.1) is 0 Å². The molecular formula is C16H18BrNO3. The Morgan fingerprint density at radius 1 is 1.38 bits per heavy atom. The molecule has 1 aromatic heterocycles. The van der Waals surface area contributed by atoms with Gasteiger partial charge in [-0.1, -0.05) is 35.0 Å². The van der Waals surface area contributed by atoms with Crippen molar-refractivity contribution in [3.05, 3.63) is 58.0 Å². The first-order valence-electron chi connectivity index (χ1n) is 6.78.